The Bertz CT molecular complexity index is 400. The maximum atomic E-state index is 12.5. The van der Waals surface area contributed by atoms with Crippen molar-refractivity contribution in [3.8, 4) is 0 Å². The maximum absolute atomic E-state index is 12.5. The van der Waals surface area contributed by atoms with E-state index in [1.807, 2.05) is 0 Å². The average Bonchev–Trinajstić information content (AvgIpc) is 2.39. The predicted molar refractivity (Wildman–Crippen MR) is 71.7 cm³/mol. The molecule has 0 aliphatic carbocycles. The third-order valence-corrected chi connectivity index (χ3v) is 3.81. The topological polar surface area (TPSA) is 3.24 Å². The van der Waals surface area contributed by atoms with Gasteiger partial charge in [-0.3, -0.25) is 0 Å². The molecule has 19 heavy (non-hydrogen) atoms. The molecule has 1 aromatic rings. The molecule has 1 aliphatic rings. The molecular formula is C14H17ClF3N. The highest BCUT2D eigenvalue weighted by Crippen LogP contribution is 2.31. The predicted octanol–water partition coefficient (Wildman–Crippen LogP) is 4.55. The molecule has 0 saturated carbocycles. The van der Waals surface area contributed by atoms with Crippen LogP contribution in [0.1, 0.15) is 24.8 Å². The van der Waals surface area contributed by atoms with Crippen LogP contribution in [-0.4, -0.2) is 19.0 Å². The highest BCUT2D eigenvalue weighted by molar-refractivity contribution is 6.17. The van der Waals surface area contributed by atoms with Crippen molar-refractivity contribution in [3.05, 3.63) is 29.8 Å². The number of halogens is 4. The maximum Gasteiger partial charge on any atom is 0.416 e. The van der Waals surface area contributed by atoms with E-state index in [-0.39, 0.29) is 0 Å². The van der Waals surface area contributed by atoms with Crippen LogP contribution in [-0.2, 0) is 6.18 Å². The van der Waals surface area contributed by atoms with Gasteiger partial charge in [-0.25, -0.2) is 0 Å². The van der Waals surface area contributed by atoms with E-state index in [0.717, 1.165) is 50.2 Å². The molecule has 2 rings (SSSR count). The molecule has 0 spiro atoms. The summed E-state index contributed by atoms with van der Waals surface area (Å²) in [5.41, 5.74) is 0.276. The average molecular weight is 292 g/mol. The van der Waals surface area contributed by atoms with E-state index >= 15 is 0 Å². The van der Waals surface area contributed by atoms with Gasteiger partial charge in [0.2, 0.25) is 0 Å². The lowest BCUT2D eigenvalue weighted by Crippen LogP contribution is -2.35. The van der Waals surface area contributed by atoms with Gasteiger partial charge in [0, 0.05) is 24.7 Å². The fourth-order valence-electron chi connectivity index (χ4n) is 2.55. The molecule has 1 atom stereocenters. The summed E-state index contributed by atoms with van der Waals surface area (Å²) in [6.45, 7) is 1.79. The number of hydrogen-bond acceptors (Lipinski definition) is 1. The van der Waals surface area contributed by atoms with Gasteiger partial charge >= 0.3 is 6.18 Å². The Hall–Kier alpha value is -0.900. The first-order valence-corrected chi connectivity index (χ1v) is 7.02. The first-order chi connectivity index (χ1) is 9.00. The van der Waals surface area contributed by atoms with E-state index in [1.165, 1.54) is 0 Å². The molecule has 1 heterocycles. The van der Waals surface area contributed by atoms with Gasteiger partial charge in [0.25, 0.3) is 0 Å². The second kappa shape index (κ2) is 6.04. The van der Waals surface area contributed by atoms with E-state index in [4.69, 9.17) is 11.6 Å². The Morgan fingerprint density at radius 3 is 2.47 bits per heavy atom. The second-order valence-corrected chi connectivity index (χ2v) is 5.35. The minimum atomic E-state index is -4.26. The molecule has 106 valence electrons. The van der Waals surface area contributed by atoms with Crippen molar-refractivity contribution in [3.63, 3.8) is 0 Å². The normalized spacial score (nSPS) is 20.6. The van der Waals surface area contributed by atoms with Crippen molar-refractivity contribution in [1.82, 2.24) is 0 Å². The van der Waals surface area contributed by atoms with Crippen molar-refractivity contribution < 1.29 is 13.2 Å². The van der Waals surface area contributed by atoms with Crippen molar-refractivity contribution in [2.75, 3.05) is 23.9 Å². The number of piperidine rings is 1. The van der Waals surface area contributed by atoms with E-state index in [2.05, 4.69) is 4.90 Å². The SMILES string of the molecule is FC(F)(F)c1ccc(N2CCCC(CCCl)C2)cc1. The summed E-state index contributed by atoms with van der Waals surface area (Å²) in [6, 6.07) is 5.43. The summed E-state index contributed by atoms with van der Waals surface area (Å²) >= 11 is 5.76. The molecule has 1 unspecified atom stereocenters. The summed E-state index contributed by atoms with van der Waals surface area (Å²) in [4.78, 5) is 2.15. The van der Waals surface area contributed by atoms with Crippen molar-refractivity contribution >= 4 is 17.3 Å². The van der Waals surface area contributed by atoms with Gasteiger partial charge in [-0.2, -0.15) is 13.2 Å². The number of nitrogens with zero attached hydrogens (tertiary/aromatic N) is 1. The molecule has 0 N–H and O–H groups in total. The van der Waals surface area contributed by atoms with E-state index < -0.39 is 11.7 Å². The molecule has 1 aliphatic heterocycles. The third kappa shape index (κ3) is 3.78. The van der Waals surface area contributed by atoms with Crippen LogP contribution >= 0.6 is 11.6 Å². The largest absolute Gasteiger partial charge is 0.416 e. The van der Waals surface area contributed by atoms with E-state index in [9.17, 15) is 13.2 Å². The number of rotatable bonds is 3. The Morgan fingerprint density at radius 2 is 1.89 bits per heavy atom. The van der Waals surface area contributed by atoms with Gasteiger partial charge in [0.15, 0.2) is 0 Å². The van der Waals surface area contributed by atoms with E-state index in [1.54, 1.807) is 12.1 Å². The van der Waals surface area contributed by atoms with Gasteiger partial charge in [0.05, 0.1) is 5.56 Å². The van der Waals surface area contributed by atoms with E-state index in [0.29, 0.717) is 11.8 Å². The summed E-state index contributed by atoms with van der Waals surface area (Å²) in [5, 5.41) is 0. The highest BCUT2D eigenvalue weighted by atomic mass is 35.5. The van der Waals surface area contributed by atoms with Gasteiger partial charge in [-0.05, 0) is 49.4 Å². The standard InChI is InChI=1S/C14H17ClF3N/c15-8-7-11-2-1-9-19(10-11)13-5-3-12(4-6-13)14(16,17)18/h3-6,11H,1-2,7-10H2. The highest BCUT2D eigenvalue weighted by Gasteiger charge is 2.30. The monoisotopic (exact) mass is 291 g/mol. The molecule has 0 aromatic heterocycles. The Kier molecular flexibility index (Phi) is 4.61. The minimum absolute atomic E-state index is 0.550. The summed E-state index contributed by atoms with van der Waals surface area (Å²) in [7, 11) is 0. The first kappa shape index (κ1) is 14.5. The smallest absolute Gasteiger partial charge is 0.371 e. The van der Waals surface area contributed by atoms with Crippen LogP contribution in [0.4, 0.5) is 18.9 Å². The number of alkyl halides is 4. The lowest BCUT2D eigenvalue weighted by atomic mass is 9.95. The van der Waals surface area contributed by atoms with Crippen LogP contribution in [0, 0.1) is 5.92 Å². The van der Waals surface area contributed by atoms with Gasteiger partial charge in [-0.15, -0.1) is 11.6 Å². The fourth-order valence-corrected chi connectivity index (χ4v) is 2.86. The molecule has 1 aromatic carbocycles. The first-order valence-electron chi connectivity index (χ1n) is 6.49. The summed E-state index contributed by atoms with van der Waals surface area (Å²) in [5.74, 6) is 1.19. The number of anilines is 1. The van der Waals surface area contributed by atoms with Crippen molar-refractivity contribution in [2.45, 2.75) is 25.4 Å². The number of benzene rings is 1. The molecule has 1 saturated heterocycles. The lowest BCUT2D eigenvalue weighted by molar-refractivity contribution is -0.137. The van der Waals surface area contributed by atoms with Crippen LogP contribution in [0.3, 0.4) is 0 Å². The minimum Gasteiger partial charge on any atom is -0.371 e. The molecule has 0 bridgehead atoms. The van der Waals surface area contributed by atoms with Gasteiger partial charge in [-0.1, -0.05) is 0 Å². The summed E-state index contributed by atoms with van der Waals surface area (Å²) < 4.78 is 37.5. The molecule has 0 amide bonds. The number of hydrogen-bond donors (Lipinski definition) is 0. The van der Waals surface area contributed by atoms with Crippen LogP contribution in [0.2, 0.25) is 0 Å². The lowest BCUT2D eigenvalue weighted by Gasteiger charge is -2.34. The van der Waals surface area contributed by atoms with Gasteiger partial charge in [0.1, 0.15) is 0 Å². The fraction of sp³-hybridized carbons (Fsp3) is 0.571. The Labute approximate surface area is 116 Å². The molecular weight excluding hydrogens is 275 g/mol. The Morgan fingerprint density at radius 1 is 1.21 bits per heavy atom. The van der Waals surface area contributed by atoms with Gasteiger partial charge < -0.3 is 4.90 Å². The zero-order valence-electron chi connectivity index (χ0n) is 10.6. The molecule has 1 nitrogen and oxygen atoms in total. The van der Waals surface area contributed by atoms with Crippen LogP contribution in [0.25, 0.3) is 0 Å². The van der Waals surface area contributed by atoms with Crippen LogP contribution in [0.15, 0.2) is 24.3 Å². The zero-order valence-corrected chi connectivity index (χ0v) is 11.3. The quantitative estimate of drug-likeness (QED) is 0.739. The third-order valence-electron chi connectivity index (χ3n) is 3.60. The Balaban J connectivity index is 2.05. The zero-order chi connectivity index (χ0) is 13.9. The second-order valence-electron chi connectivity index (χ2n) is 4.98. The summed E-state index contributed by atoms with van der Waals surface area (Å²) in [6.07, 6.45) is -1.06. The molecule has 1 fully saturated rings. The molecule has 5 heteroatoms. The van der Waals surface area contributed by atoms with Crippen LogP contribution < -0.4 is 4.90 Å². The molecule has 0 radical (unpaired) electrons. The van der Waals surface area contributed by atoms with Crippen molar-refractivity contribution in [1.29, 1.82) is 0 Å². The van der Waals surface area contributed by atoms with Crippen molar-refractivity contribution in [2.24, 2.45) is 5.92 Å². The van der Waals surface area contributed by atoms with Crippen LogP contribution in [0.5, 0.6) is 0 Å².